The first-order chi connectivity index (χ1) is 14.6. The van der Waals surface area contributed by atoms with Crippen LogP contribution in [0.3, 0.4) is 0 Å². The van der Waals surface area contributed by atoms with Crippen molar-refractivity contribution in [1.29, 1.82) is 0 Å². The van der Waals surface area contributed by atoms with Gasteiger partial charge in [0, 0.05) is 22.6 Å². The van der Waals surface area contributed by atoms with Crippen molar-refractivity contribution in [3.05, 3.63) is 63.5 Å². The van der Waals surface area contributed by atoms with Crippen LogP contribution in [-0.4, -0.2) is 23.6 Å². The van der Waals surface area contributed by atoms with Gasteiger partial charge in [-0.15, -0.1) is 0 Å². The molecule has 0 aliphatic carbocycles. The van der Waals surface area contributed by atoms with Gasteiger partial charge in [-0.25, -0.2) is 14.4 Å². The normalized spacial score (nSPS) is 19.0. The molecule has 0 fully saturated rings. The number of allylic oxidation sites excluding steroid dienone is 2. The zero-order chi connectivity index (χ0) is 22.9. The van der Waals surface area contributed by atoms with Crippen LogP contribution in [-0.2, 0) is 19.1 Å². The lowest BCUT2D eigenvalue weighted by Crippen LogP contribution is -2.46. The van der Waals surface area contributed by atoms with Gasteiger partial charge in [-0.05, 0) is 59.7 Å². The van der Waals surface area contributed by atoms with E-state index >= 15 is 0 Å². The zero-order valence-corrected chi connectivity index (χ0v) is 18.5. The second-order valence-electron chi connectivity index (χ2n) is 7.95. The molecular weight excluding hydrogens is 400 g/mol. The van der Waals surface area contributed by atoms with Gasteiger partial charge in [-0.3, -0.25) is 0 Å². The molecule has 1 aliphatic heterocycles. The molecular formula is C24H26O7. The Morgan fingerprint density at radius 1 is 1.00 bits per heavy atom. The number of esters is 2. The molecule has 0 spiro atoms. The maximum Gasteiger partial charge on any atom is 0.336 e. The summed E-state index contributed by atoms with van der Waals surface area (Å²) in [5.41, 5.74) is -0.143. The number of carbonyl (C=O) groups is 2. The monoisotopic (exact) mass is 426 g/mol. The number of hydrogen-bond acceptors (Lipinski definition) is 7. The van der Waals surface area contributed by atoms with Crippen molar-refractivity contribution in [2.75, 3.05) is 0 Å². The fourth-order valence-electron chi connectivity index (χ4n) is 3.31. The van der Waals surface area contributed by atoms with Gasteiger partial charge in [0.15, 0.2) is 12.2 Å². The van der Waals surface area contributed by atoms with E-state index in [4.69, 9.17) is 18.6 Å². The Hall–Kier alpha value is -3.35. The topological polar surface area (TPSA) is 92.0 Å². The first-order valence-electron chi connectivity index (χ1n) is 10.0. The molecule has 0 bridgehead atoms. The third-order valence-corrected chi connectivity index (χ3v) is 5.39. The lowest BCUT2D eigenvalue weighted by Gasteiger charge is -2.33. The predicted molar refractivity (Wildman–Crippen MR) is 115 cm³/mol. The molecule has 1 aromatic heterocycles. The van der Waals surface area contributed by atoms with Crippen LogP contribution in [0.5, 0.6) is 5.75 Å². The molecule has 0 amide bonds. The second-order valence-corrected chi connectivity index (χ2v) is 7.95. The van der Waals surface area contributed by atoms with Crippen LogP contribution in [0.4, 0.5) is 0 Å². The van der Waals surface area contributed by atoms with Crippen molar-refractivity contribution in [2.45, 2.75) is 59.4 Å². The lowest BCUT2D eigenvalue weighted by molar-refractivity contribution is -0.172. The zero-order valence-electron chi connectivity index (χ0n) is 18.5. The summed E-state index contributed by atoms with van der Waals surface area (Å²) in [6.45, 7) is 10.1. The van der Waals surface area contributed by atoms with Crippen molar-refractivity contribution in [3.63, 3.8) is 0 Å². The fourth-order valence-corrected chi connectivity index (χ4v) is 3.31. The van der Waals surface area contributed by atoms with Gasteiger partial charge < -0.3 is 18.6 Å². The Bertz CT molecular complexity index is 1150. The maximum absolute atomic E-state index is 12.6. The van der Waals surface area contributed by atoms with Crippen LogP contribution >= 0.6 is 0 Å². The maximum atomic E-state index is 12.6. The summed E-state index contributed by atoms with van der Waals surface area (Å²) in [4.78, 5) is 37.0. The van der Waals surface area contributed by atoms with E-state index < -0.39 is 35.4 Å². The predicted octanol–water partition coefficient (Wildman–Crippen LogP) is 4.39. The van der Waals surface area contributed by atoms with E-state index in [0.29, 0.717) is 27.8 Å². The highest BCUT2D eigenvalue weighted by molar-refractivity contribution is 5.89. The first-order valence-corrected chi connectivity index (χ1v) is 10.0. The van der Waals surface area contributed by atoms with Gasteiger partial charge in [0.2, 0.25) is 0 Å². The smallest absolute Gasteiger partial charge is 0.336 e. The Labute approximate surface area is 180 Å². The van der Waals surface area contributed by atoms with Gasteiger partial charge in [0.05, 0.1) is 5.56 Å². The van der Waals surface area contributed by atoms with E-state index in [0.717, 1.165) is 0 Å². The van der Waals surface area contributed by atoms with Crippen molar-refractivity contribution in [2.24, 2.45) is 0 Å². The number of carbonyl (C=O) groups excluding carboxylic acids is 2. The summed E-state index contributed by atoms with van der Waals surface area (Å²) < 4.78 is 23.1. The van der Waals surface area contributed by atoms with Gasteiger partial charge in [0.1, 0.15) is 16.9 Å². The molecule has 0 saturated heterocycles. The summed E-state index contributed by atoms with van der Waals surface area (Å²) in [7, 11) is 0. The minimum absolute atomic E-state index is 0.273. The second kappa shape index (κ2) is 8.41. The summed E-state index contributed by atoms with van der Waals surface area (Å²) >= 11 is 0. The molecule has 0 N–H and O–H groups in total. The van der Waals surface area contributed by atoms with Crippen LogP contribution in [0.15, 0.2) is 56.8 Å². The minimum Gasteiger partial charge on any atom is -0.481 e. The van der Waals surface area contributed by atoms with E-state index in [2.05, 4.69) is 0 Å². The third-order valence-electron chi connectivity index (χ3n) is 5.39. The molecule has 1 aliphatic rings. The van der Waals surface area contributed by atoms with Crippen molar-refractivity contribution >= 4 is 22.9 Å². The molecule has 164 valence electrons. The summed E-state index contributed by atoms with van der Waals surface area (Å²) in [5, 5.41) is 0.658. The molecule has 1 aromatic carbocycles. The highest BCUT2D eigenvalue weighted by Crippen LogP contribution is 2.47. The molecule has 3 rings (SSSR count). The van der Waals surface area contributed by atoms with Gasteiger partial charge in [-0.2, -0.15) is 0 Å². The minimum atomic E-state index is -1.17. The molecule has 2 aromatic rings. The largest absolute Gasteiger partial charge is 0.481 e. The molecule has 0 saturated carbocycles. The summed E-state index contributed by atoms with van der Waals surface area (Å²) in [6.07, 6.45) is 1.47. The van der Waals surface area contributed by atoms with E-state index in [9.17, 15) is 14.4 Å². The van der Waals surface area contributed by atoms with Crippen molar-refractivity contribution in [1.82, 2.24) is 0 Å². The molecule has 2 heterocycles. The first kappa shape index (κ1) is 22.3. The quantitative estimate of drug-likeness (QED) is 0.398. The highest BCUT2D eigenvalue weighted by Gasteiger charge is 2.50. The Balaban J connectivity index is 2.11. The molecule has 7 nitrogen and oxygen atoms in total. The molecule has 0 radical (unpaired) electrons. The van der Waals surface area contributed by atoms with Gasteiger partial charge in [-0.1, -0.05) is 12.2 Å². The average Bonchev–Trinajstić information content (AvgIpc) is 3.11. The third kappa shape index (κ3) is 4.26. The number of hydrogen-bond donors (Lipinski definition) is 0. The highest BCUT2D eigenvalue weighted by atomic mass is 16.6. The lowest BCUT2D eigenvalue weighted by atomic mass is 9.93. The van der Waals surface area contributed by atoms with Crippen molar-refractivity contribution in [3.8, 4) is 5.75 Å². The molecule has 0 unspecified atom stereocenters. The molecule has 2 atom stereocenters. The molecule has 7 heteroatoms. The van der Waals surface area contributed by atoms with E-state index in [1.54, 1.807) is 71.9 Å². The molecule has 31 heavy (non-hydrogen) atoms. The van der Waals surface area contributed by atoms with Crippen LogP contribution in [0.25, 0.3) is 11.0 Å². The Morgan fingerprint density at radius 3 is 2.26 bits per heavy atom. The van der Waals surface area contributed by atoms with E-state index in [1.807, 2.05) is 0 Å². The number of benzene rings is 1. The standard InChI is InChI=1S/C24H26O7/c1-7-13(3)22(26)30-20-18-16(11-9-15-10-12-17(25)29-19(15)18)28-21(20)24(5,6)31-23(27)14(4)8-2/h7-12,20-21H,1-6H3/b13-7-,14-8-/t20-,21+/m0/s1. The van der Waals surface area contributed by atoms with Crippen LogP contribution in [0, 0.1) is 0 Å². The number of ether oxygens (including phenoxy) is 3. The Morgan fingerprint density at radius 2 is 1.61 bits per heavy atom. The summed E-state index contributed by atoms with van der Waals surface area (Å²) in [6, 6.07) is 6.42. The average molecular weight is 426 g/mol. The van der Waals surface area contributed by atoms with Gasteiger partial charge in [0.25, 0.3) is 0 Å². The van der Waals surface area contributed by atoms with Crippen LogP contribution in [0.1, 0.15) is 53.2 Å². The van der Waals surface area contributed by atoms with E-state index in [1.165, 1.54) is 6.07 Å². The summed E-state index contributed by atoms with van der Waals surface area (Å²) in [5.74, 6) is -0.649. The van der Waals surface area contributed by atoms with Crippen LogP contribution in [0.2, 0.25) is 0 Å². The fraction of sp³-hybridized carbons (Fsp3) is 0.375. The van der Waals surface area contributed by atoms with Crippen LogP contribution < -0.4 is 10.4 Å². The number of rotatable bonds is 5. The van der Waals surface area contributed by atoms with Crippen molar-refractivity contribution < 1.29 is 28.2 Å². The van der Waals surface area contributed by atoms with Gasteiger partial charge >= 0.3 is 17.6 Å². The number of fused-ring (bicyclic) bond motifs is 3. The SMILES string of the molecule is C/C=C(/C)C(=O)O[C@H]1c2c(ccc3ccc(=O)oc23)O[C@H]1C(C)(C)OC(=O)/C(C)=C\C. The van der Waals surface area contributed by atoms with E-state index in [-0.39, 0.29) is 5.58 Å². The Kier molecular flexibility index (Phi) is 6.06.